The van der Waals surface area contributed by atoms with Gasteiger partial charge in [-0.1, -0.05) is 42.5 Å². The fourth-order valence-corrected chi connectivity index (χ4v) is 2.53. The van der Waals surface area contributed by atoms with Gasteiger partial charge in [0, 0.05) is 11.1 Å². The number of halogens is 1. The van der Waals surface area contributed by atoms with Crippen molar-refractivity contribution in [2.45, 2.75) is 13.8 Å². The van der Waals surface area contributed by atoms with Crippen LogP contribution in [0.25, 0.3) is 0 Å². The molecule has 2 N–H and O–H groups in total. The first kappa shape index (κ1) is 24.9. The van der Waals surface area contributed by atoms with Crippen LogP contribution in [0, 0.1) is 0 Å². The van der Waals surface area contributed by atoms with Crippen molar-refractivity contribution in [2.75, 3.05) is 0 Å². The van der Waals surface area contributed by atoms with Gasteiger partial charge in [0.15, 0.2) is 0 Å². The molecule has 0 unspecified atom stereocenters. The Morgan fingerprint density at radius 2 is 1.06 bits per heavy atom. The molecular weight excluding hydrogens is 472 g/mol. The van der Waals surface area contributed by atoms with Crippen molar-refractivity contribution < 1.29 is 24.2 Å². The number of aromatic nitrogens is 1. The Labute approximate surface area is 198 Å². The zero-order valence-corrected chi connectivity index (χ0v) is 19.1. The molecule has 0 radical (unpaired) electrons. The molecule has 167 valence electrons. The van der Waals surface area contributed by atoms with E-state index >= 15 is 0 Å². The number of hydrazone groups is 2. The van der Waals surface area contributed by atoms with Crippen LogP contribution < -0.4 is 10.9 Å². The maximum atomic E-state index is 12.1. The van der Waals surface area contributed by atoms with Crippen LogP contribution in [0.15, 0.2) is 89.1 Å². The molecule has 0 aliphatic carbocycles. The van der Waals surface area contributed by atoms with Crippen LogP contribution in [0.4, 0.5) is 0 Å². The van der Waals surface area contributed by atoms with Crippen molar-refractivity contribution in [3.8, 4) is 0 Å². The number of hydrogen-bond donors (Lipinski definition) is 2. The molecule has 9 heteroatoms. The van der Waals surface area contributed by atoms with E-state index < -0.39 is 0 Å². The van der Waals surface area contributed by atoms with Crippen molar-refractivity contribution in [1.29, 1.82) is 0 Å². The average molecular weight is 494 g/mol. The van der Waals surface area contributed by atoms with Gasteiger partial charge in [0.1, 0.15) is 0 Å². The first-order valence-electron chi connectivity index (χ1n) is 9.43. The van der Waals surface area contributed by atoms with Gasteiger partial charge in [0.05, 0.1) is 22.8 Å². The Hall–Kier alpha value is -3.35. The number of nitrogens with one attached hydrogen (secondary N) is 2. The summed E-state index contributed by atoms with van der Waals surface area (Å²) in [6.45, 7) is 3.50. The molecule has 2 aromatic carbocycles. The summed E-state index contributed by atoms with van der Waals surface area (Å²) >= 11 is 3.35. The van der Waals surface area contributed by atoms with E-state index in [1.54, 1.807) is 74.5 Å². The summed E-state index contributed by atoms with van der Waals surface area (Å²) < 4.78 is 0. The Morgan fingerprint density at radius 1 is 0.688 bits per heavy atom. The molecule has 0 fully saturated rings. The second-order valence-corrected chi connectivity index (χ2v) is 6.42. The van der Waals surface area contributed by atoms with Crippen molar-refractivity contribution >= 4 is 33.4 Å². The molecule has 0 aliphatic heterocycles. The minimum atomic E-state index is -0.299. The Morgan fingerprint density at radius 3 is 1.44 bits per heavy atom. The number of carbonyl (C=O) groups excluding carboxylic acids is 2. The standard InChI is InChI=1S/C23H21N5O2.ClH.Ni/c1-16(25-27-22(29)18-10-5-3-6-11-18)20-14-9-15-21(24-20)17(2)26-28-23(30)19-12-7-4-8-13-19;;/h3-15H,1-2H3,(H,27,29)(H,28,30);1H;/q;;+1/p-1. The first-order valence-corrected chi connectivity index (χ1v) is 10.8. The van der Waals surface area contributed by atoms with Gasteiger partial charge < -0.3 is 0 Å². The van der Waals surface area contributed by atoms with Crippen LogP contribution in [0.3, 0.4) is 0 Å². The van der Waals surface area contributed by atoms with Crippen molar-refractivity contribution in [3.05, 3.63) is 101 Å². The Bertz CT molecular complexity index is 1020. The fourth-order valence-electron chi connectivity index (χ4n) is 2.53. The second-order valence-electron chi connectivity index (χ2n) is 6.42. The van der Waals surface area contributed by atoms with Gasteiger partial charge in [-0.2, -0.15) is 10.2 Å². The molecule has 0 atom stereocenters. The molecule has 7 nitrogen and oxygen atoms in total. The van der Waals surface area contributed by atoms with Gasteiger partial charge >= 0.3 is 24.8 Å². The quantitative estimate of drug-likeness (QED) is 0.308. The van der Waals surface area contributed by atoms with Gasteiger partial charge in [-0.3, -0.25) is 9.59 Å². The SMILES string of the molecule is CC(=NNC(=O)c1ccccc1)c1cccc(C(C)=NNC(=O)c2ccccc2)n1.[Cl][Ni]. The van der Waals surface area contributed by atoms with Crippen molar-refractivity contribution in [1.82, 2.24) is 15.8 Å². The van der Waals surface area contributed by atoms with E-state index in [4.69, 9.17) is 0 Å². The van der Waals surface area contributed by atoms with Crippen LogP contribution in [-0.2, 0) is 14.6 Å². The van der Waals surface area contributed by atoms with Crippen LogP contribution in [0.1, 0.15) is 46.0 Å². The summed E-state index contributed by atoms with van der Waals surface area (Å²) in [6, 6.07) is 23.1. The van der Waals surface area contributed by atoms with Gasteiger partial charge in [-0.25, -0.2) is 15.8 Å². The van der Waals surface area contributed by atoms with Crippen LogP contribution in [-0.4, -0.2) is 28.2 Å². The number of rotatable bonds is 6. The third-order valence-electron chi connectivity index (χ3n) is 4.21. The molecule has 0 spiro atoms. The first-order chi connectivity index (χ1) is 15.5. The summed E-state index contributed by atoms with van der Waals surface area (Å²) in [5, 5.41) is 8.26. The molecule has 0 bridgehead atoms. The number of pyridine rings is 1. The molecule has 2 amide bonds. The molecule has 1 heterocycles. The predicted octanol–water partition coefficient (Wildman–Crippen LogP) is 4.08. The van der Waals surface area contributed by atoms with E-state index in [9.17, 15) is 9.59 Å². The second kappa shape index (κ2) is 13.1. The summed E-state index contributed by atoms with van der Waals surface area (Å²) in [5.41, 5.74) is 8.36. The van der Waals surface area contributed by atoms with Gasteiger partial charge in [0.2, 0.25) is 0 Å². The zero-order valence-electron chi connectivity index (χ0n) is 17.4. The third kappa shape index (κ3) is 7.41. The number of benzene rings is 2. The van der Waals surface area contributed by atoms with Gasteiger partial charge in [-0.05, 0) is 50.2 Å². The summed E-state index contributed by atoms with van der Waals surface area (Å²) in [6.07, 6.45) is 0. The van der Waals surface area contributed by atoms with Crippen molar-refractivity contribution in [2.24, 2.45) is 10.2 Å². The number of hydrogen-bond acceptors (Lipinski definition) is 5. The monoisotopic (exact) mass is 492 g/mol. The van der Waals surface area contributed by atoms with Crippen LogP contribution in [0.2, 0.25) is 0 Å². The topological polar surface area (TPSA) is 95.8 Å². The molecule has 0 saturated carbocycles. The van der Waals surface area contributed by atoms with Crippen molar-refractivity contribution in [3.63, 3.8) is 0 Å². The van der Waals surface area contributed by atoms with E-state index in [1.807, 2.05) is 18.2 Å². The zero-order chi connectivity index (χ0) is 23.3. The summed E-state index contributed by atoms with van der Waals surface area (Å²) in [4.78, 5) is 28.8. The minimum absolute atomic E-state index is 0.299. The summed E-state index contributed by atoms with van der Waals surface area (Å²) in [5.74, 6) is -0.597. The Kier molecular flexibility index (Phi) is 10.2. The molecule has 1 aromatic heterocycles. The molecular formula is C23H21ClN5NiO2. The molecule has 0 aliphatic rings. The number of carbonyl (C=O) groups is 2. The number of amides is 2. The predicted molar refractivity (Wildman–Crippen MR) is 122 cm³/mol. The fraction of sp³-hybridized carbons (Fsp3) is 0.0870. The van der Waals surface area contributed by atoms with Gasteiger partial charge in [0.25, 0.3) is 11.8 Å². The van der Waals surface area contributed by atoms with E-state index in [1.165, 1.54) is 0 Å². The van der Waals surface area contributed by atoms with E-state index in [2.05, 4.69) is 50.8 Å². The van der Waals surface area contributed by atoms with E-state index in [0.29, 0.717) is 33.9 Å². The van der Waals surface area contributed by atoms with E-state index in [-0.39, 0.29) is 11.8 Å². The number of nitrogens with zero attached hydrogens (tertiary/aromatic N) is 3. The van der Waals surface area contributed by atoms with Crippen LogP contribution >= 0.6 is 10.2 Å². The molecule has 32 heavy (non-hydrogen) atoms. The van der Waals surface area contributed by atoms with Gasteiger partial charge in [-0.15, -0.1) is 0 Å². The maximum absolute atomic E-state index is 12.1. The summed E-state index contributed by atoms with van der Waals surface area (Å²) in [7, 11) is 4.26. The van der Waals surface area contributed by atoms with E-state index in [0.717, 1.165) is 0 Å². The average Bonchev–Trinajstić information content (AvgIpc) is 2.87. The molecule has 0 saturated heterocycles. The Balaban J connectivity index is 0.00000176. The van der Waals surface area contributed by atoms with Crippen LogP contribution in [0.5, 0.6) is 0 Å². The molecule has 3 rings (SSSR count). The molecule has 3 aromatic rings. The normalized spacial score (nSPS) is 11.2. The third-order valence-corrected chi connectivity index (χ3v) is 4.21.